The van der Waals surface area contributed by atoms with E-state index in [0.717, 1.165) is 11.3 Å². The van der Waals surface area contributed by atoms with Gasteiger partial charge in [-0.15, -0.1) is 0 Å². The van der Waals surface area contributed by atoms with E-state index in [-0.39, 0.29) is 42.7 Å². The molecule has 1 unspecified atom stereocenters. The third-order valence-electron chi connectivity index (χ3n) is 8.09. The van der Waals surface area contributed by atoms with E-state index in [1.54, 1.807) is 0 Å². The quantitative estimate of drug-likeness (QED) is 0.248. The molecule has 5 rings (SSSR count). The Bertz CT molecular complexity index is 1480. The molecule has 2 aromatic rings. The molecular weight excluding hydrogens is 540 g/mol. The van der Waals surface area contributed by atoms with Crippen LogP contribution in [0.1, 0.15) is 35.1 Å². The van der Waals surface area contributed by atoms with Crippen LogP contribution in [-0.4, -0.2) is 71.7 Å². The molecule has 1 amide bonds. The molecule has 0 aliphatic heterocycles. The largest absolute Gasteiger partial charge is 0.508 e. The number of Topliss-reactive ketones (excluding diaryl/α,β-unsaturated/α-hetero) is 2. The topological polar surface area (TPSA) is 185 Å². The van der Waals surface area contributed by atoms with E-state index in [0.29, 0.717) is 17.7 Å². The Morgan fingerprint density at radius 2 is 1.71 bits per heavy atom. The van der Waals surface area contributed by atoms with Gasteiger partial charge < -0.3 is 41.7 Å². The molecule has 11 heteroatoms. The smallest absolute Gasteiger partial charge is 0.255 e. The molecule has 3 aliphatic rings. The Hall–Kier alpha value is -4.19. The van der Waals surface area contributed by atoms with Gasteiger partial charge in [0.1, 0.15) is 22.8 Å². The van der Waals surface area contributed by atoms with Crippen LogP contribution in [0.25, 0.3) is 5.76 Å². The van der Waals surface area contributed by atoms with Crippen molar-refractivity contribution in [2.24, 2.45) is 17.6 Å². The molecule has 224 valence electrons. The number of nitrogens with one attached hydrogen (secondary N) is 2. The van der Waals surface area contributed by atoms with Crippen LogP contribution in [-0.2, 0) is 33.9 Å². The maximum Gasteiger partial charge on any atom is 0.255 e. The summed E-state index contributed by atoms with van der Waals surface area (Å²) in [6.07, 6.45) is 0.00387. The molecule has 1 saturated carbocycles. The van der Waals surface area contributed by atoms with Gasteiger partial charge in [0, 0.05) is 56.3 Å². The summed E-state index contributed by atoms with van der Waals surface area (Å²) in [7, 11) is 7.42. The summed E-state index contributed by atoms with van der Waals surface area (Å²) in [6, 6.07) is 11.6. The molecule has 0 saturated heterocycles. The van der Waals surface area contributed by atoms with E-state index in [9.17, 15) is 34.8 Å². The number of aromatic hydroxyl groups is 1. The van der Waals surface area contributed by atoms with Crippen LogP contribution >= 0.6 is 0 Å². The number of primary amides is 1. The average Bonchev–Trinajstić information content (AvgIpc) is 2.92. The Morgan fingerprint density at radius 1 is 1.07 bits per heavy atom. The van der Waals surface area contributed by atoms with Crippen LogP contribution in [0.5, 0.6) is 5.75 Å². The number of carbonyl (C=O) groups excluding carboxylic acids is 3. The number of benzene rings is 2. The number of anilines is 1. The molecular formula is C31H38N4O7. The van der Waals surface area contributed by atoms with Gasteiger partial charge in [-0.25, -0.2) is 0 Å². The zero-order chi connectivity index (χ0) is 30.9. The Kier molecular flexibility index (Phi) is 8.76. The number of phenolic OH excluding ortho intramolecular Hbond substituents is 1. The fraction of sp³-hybridized carbons (Fsp3) is 0.387. The molecule has 3 aliphatic carbocycles. The molecule has 3 atom stereocenters. The van der Waals surface area contributed by atoms with Gasteiger partial charge in [0.25, 0.3) is 5.91 Å². The zero-order valence-corrected chi connectivity index (χ0v) is 24.2. The lowest BCUT2D eigenvalue weighted by Crippen LogP contribution is -2.58. The molecule has 0 heterocycles. The van der Waals surface area contributed by atoms with Crippen molar-refractivity contribution in [3.05, 3.63) is 75.6 Å². The molecule has 0 aromatic heterocycles. The number of hydrogen-bond donors (Lipinski definition) is 7. The first-order valence-electron chi connectivity index (χ1n) is 13.7. The van der Waals surface area contributed by atoms with Crippen molar-refractivity contribution >= 4 is 28.9 Å². The third-order valence-corrected chi connectivity index (χ3v) is 8.09. The molecule has 0 spiro atoms. The minimum Gasteiger partial charge on any atom is -0.508 e. The van der Waals surface area contributed by atoms with Crippen molar-refractivity contribution in [2.75, 3.05) is 33.1 Å². The maximum absolute atomic E-state index is 13.7. The lowest BCUT2D eigenvalue weighted by molar-refractivity contribution is -0.147. The monoisotopic (exact) mass is 578 g/mol. The molecule has 0 bridgehead atoms. The number of aliphatic hydroxyl groups excluding tert-OH is 2. The highest BCUT2D eigenvalue weighted by molar-refractivity contribution is 6.22. The molecule has 0 radical (unpaired) electrons. The minimum atomic E-state index is -2.58. The van der Waals surface area contributed by atoms with Gasteiger partial charge in [-0.3, -0.25) is 14.4 Å². The van der Waals surface area contributed by atoms with Crippen molar-refractivity contribution in [1.82, 2.24) is 10.6 Å². The van der Waals surface area contributed by atoms with Crippen molar-refractivity contribution in [2.45, 2.75) is 38.0 Å². The molecule has 2 aromatic carbocycles. The second kappa shape index (κ2) is 12.0. The fourth-order valence-corrected chi connectivity index (χ4v) is 6.19. The molecule has 11 nitrogen and oxygen atoms in total. The van der Waals surface area contributed by atoms with Crippen LogP contribution in [0.3, 0.4) is 0 Å². The first-order valence-corrected chi connectivity index (χ1v) is 13.7. The number of amides is 1. The number of carbonyl (C=O) groups is 3. The lowest BCUT2D eigenvalue weighted by atomic mass is 9.59. The standard InChI is InChI=1S/C29H31N3O7.C2H7N/c1-32(2)19-10-16(13-31-12-14-6-4-3-5-7-14)24(34)22-18(19)9-15-8-17-11-20(33)23(28(30)38)27(37)29(17,39)26(36)21(15)25(22)35;1-3-2/h3-7,10,15,17,31,34-35,37,39H,8-9,11-13H2,1-2H3,(H2,30,38);3H,1-2H3/t15?,17-,29-;/m0./s1. The molecule has 42 heavy (non-hydrogen) atoms. The second-order valence-corrected chi connectivity index (χ2v) is 11.1. The van der Waals surface area contributed by atoms with Crippen LogP contribution in [0, 0.1) is 11.8 Å². The fourth-order valence-electron chi connectivity index (χ4n) is 6.19. The van der Waals surface area contributed by atoms with Crippen molar-refractivity contribution in [3.8, 4) is 5.75 Å². The van der Waals surface area contributed by atoms with E-state index in [1.165, 1.54) is 0 Å². The number of fused-ring (bicyclic) bond motifs is 3. The van der Waals surface area contributed by atoms with Gasteiger partial charge in [-0.1, -0.05) is 30.3 Å². The number of rotatable bonds is 6. The van der Waals surface area contributed by atoms with Gasteiger partial charge >= 0.3 is 0 Å². The average molecular weight is 579 g/mol. The number of phenols is 1. The minimum absolute atomic E-state index is 0.0878. The Labute approximate surface area is 244 Å². The number of hydrogen-bond acceptors (Lipinski definition) is 10. The van der Waals surface area contributed by atoms with E-state index in [4.69, 9.17) is 5.73 Å². The number of nitrogens with zero attached hydrogens (tertiary/aromatic N) is 1. The highest BCUT2D eigenvalue weighted by Crippen LogP contribution is 2.53. The van der Waals surface area contributed by atoms with E-state index < -0.39 is 52.0 Å². The lowest BCUT2D eigenvalue weighted by Gasteiger charge is -2.46. The Balaban J connectivity index is 0.00000129. The van der Waals surface area contributed by atoms with Crippen molar-refractivity contribution in [1.29, 1.82) is 0 Å². The summed E-state index contributed by atoms with van der Waals surface area (Å²) in [5, 5.41) is 50.9. The SMILES string of the molecule is CN(C)c1cc(CNCc2ccccc2)c(O)c2c1CC1C[C@H]3CC(=O)C(C(N)=O)=C(O)[C@@]3(O)C(=O)C1=C2O.CNC. The maximum atomic E-state index is 13.7. The van der Waals surface area contributed by atoms with Gasteiger partial charge in [-0.05, 0) is 50.0 Å². The van der Waals surface area contributed by atoms with Crippen LogP contribution in [0.15, 0.2) is 53.3 Å². The van der Waals surface area contributed by atoms with Gasteiger partial charge in [0.15, 0.2) is 11.4 Å². The highest BCUT2D eigenvalue weighted by Gasteiger charge is 2.60. The summed E-state index contributed by atoms with van der Waals surface area (Å²) in [5.41, 5.74) is 4.74. The van der Waals surface area contributed by atoms with Crippen LogP contribution in [0.4, 0.5) is 5.69 Å². The summed E-state index contributed by atoms with van der Waals surface area (Å²) >= 11 is 0. The summed E-state index contributed by atoms with van der Waals surface area (Å²) in [6.45, 7) is 0.817. The number of aliphatic hydroxyl groups is 3. The zero-order valence-electron chi connectivity index (χ0n) is 24.2. The van der Waals surface area contributed by atoms with Gasteiger partial charge in [-0.2, -0.15) is 0 Å². The number of nitrogens with two attached hydrogens (primary N) is 1. The summed E-state index contributed by atoms with van der Waals surface area (Å²) < 4.78 is 0. The normalized spacial score (nSPS) is 23.0. The second-order valence-electron chi connectivity index (χ2n) is 11.1. The van der Waals surface area contributed by atoms with Gasteiger partial charge in [0.2, 0.25) is 5.78 Å². The summed E-state index contributed by atoms with van der Waals surface area (Å²) in [4.78, 5) is 39.9. The van der Waals surface area contributed by atoms with Crippen molar-refractivity contribution < 1.29 is 34.8 Å². The van der Waals surface area contributed by atoms with Gasteiger partial charge in [0.05, 0.1) is 5.56 Å². The highest BCUT2D eigenvalue weighted by atomic mass is 16.3. The van der Waals surface area contributed by atoms with Crippen LogP contribution in [0.2, 0.25) is 0 Å². The first kappa shape index (κ1) is 30.8. The predicted molar refractivity (Wildman–Crippen MR) is 158 cm³/mol. The van der Waals surface area contributed by atoms with E-state index in [2.05, 4.69) is 10.6 Å². The van der Waals surface area contributed by atoms with Crippen molar-refractivity contribution in [3.63, 3.8) is 0 Å². The summed E-state index contributed by atoms with van der Waals surface area (Å²) in [5.74, 6) is -6.33. The van der Waals surface area contributed by atoms with E-state index in [1.807, 2.05) is 69.5 Å². The molecule has 8 N–H and O–H groups in total. The third kappa shape index (κ3) is 5.15. The van der Waals surface area contributed by atoms with E-state index >= 15 is 0 Å². The Morgan fingerprint density at radius 3 is 2.31 bits per heavy atom. The number of ketones is 2. The first-order chi connectivity index (χ1) is 19.9. The predicted octanol–water partition coefficient (Wildman–Crippen LogP) is 1.62. The van der Waals surface area contributed by atoms with Crippen LogP contribution < -0.4 is 21.3 Å². The molecule has 1 fully saturated rings.